The van der Waals surface area contributed by atoms with Gasteiger partial charge in [-0.15, -0.1) is 0 Å². The number of ether oxygens (including phenoxy) is 1. The van der Waals surface area contributed by atoms with Crippen LogP contribution in [0.25, 0.3) is 0 Å². The van der Waals surface area contributed by atoms with Crippen molar-refractivity contribution in [3.05, 3.63) is 29.3 Å². The summed E-state index contributed by atoms with van der Waals surface area (Å²) >= 11 is 0. The Morgan fingerprint density at radius 3 is 2.22 bits per heavy atom. The molecule has 8 heteroatoms. The van der Waals surface area contributed by atoms with Crippen LogP contribution in [0.4, 0.5) is 0 Å². The summed E-state index contributed by atoms with van der Waals surface area (Å²) in [5, 5.41) is 2.78. The molecule has 0 aromatic heterocycles. The molecule has 0 aliphatic heterocycles. The second kappa shape index (κ2) is 10.4. The molecule has 1 aromatic rings. The number of amides is 1. The molecule has 0 heterocycles. The summed E-state index contributed by atoms with van der Waals surface area (Å²) in [5.41, 5.74) is 0.645. The summed E-state index contributed by atoms with van der Waals surface area (Å²) in [4.78, 5) is 24.2. The van der Waals surface area contributed by atoms with Crippen LogP contribution in [0, 0.1) is 6.92 Å². The van der Waals surface area contributed by atoms with Gasteiger partial charge in [0.15, 0.2) is 6.61 Å². The fourth-order valence-electron chi connectivity index (χ4n) is 2.68. The highest BCUT2D eigenvalue weighted by molar-refractivity contribution is 7.89. The molecule has 0 aliphatic rings. The maximum absolute atomic E-state index is 12.8. The molecular weight excluding hydrogens is 368 g/mol. The lowest BCUT2D eigenvalue weighted by Crippen LogP contribution is -2.36. The van der Waals surface area contributed by atoms with E-state index in [1.165, 1.54) is 16.4 Å². The fourth-order valence-corrected chi connectivity index (χ4v) is 4.39. The lowest BCUT2D eigenvalue weighted by atomic mass is 10.1. The van der Waals surface area contributed by atoms with Gasteiger partial charge in [-0.05, 0) is 37.5 Å². The fraction of sp³-hybridized carbons (Fsp3) is 0.579. The van der Waals surface area contributed by atoms with Crippen LogP contribution in [0.5, 0.6) is 0 Å². The highest BCUT2D eigenvalue weighted by Crippen LogP contribution is 2.21. The van der Waals surface area contributed by atoms with Gasteiger partial charge in [0.25, 0.3) is 5.91 Å². The molecule has 1 N–H and O–H groups in total. The average Bonchev–Trinajstić information content (AvgIpc) is 2.65. The maximum atomic E-state index is 12.8. The number of hydrogen-bond donors (Lipinski definition) is 1. The second-order valence-electron chi connectivity index (χ2n) is 6.23. The first-order valence-electron chi connectivity index (χ1n) is 9.28. The average molecular weight is 399 g/mol. The van der Waals surface area contributed by atoms with E-state index in [-0.39, 0.29) is 22.4 Å². The number of esters is 1. The minimum atomic E-state index is -3.70. The molecule has 0 saturated carbocycles. The number of benzene rings is 1. The minimum absolute atomic E-state index is 0.0430. The van der Waals surface area contributed by atoms with E-state index in [9.17, 15) is 18.0 Å². The molecule has 0 saturated heterocycles. The van der Waals surface area contributed by atoms with Gasteiger partial charge in [0.05, 0.1) is 10.5 Å². The van der Waals surface area contributed by atoms with Crippen LogP contribution in [-0.2, 0) is 19.6 Å². The predicted octanol–water partition coefficient (Wildman–Crippen LogP) is 2.49. The van der Waals surface area contributed by atoms with E-state index in [0.717, 1.165) is 12.8 Å². The Morgan fingerprint density at radius 1 is 1.11 bits per heavy atom. The van der Waals surface area contributed by atoms with E-state index < -0.39 is 22.6 Å². The number of sulfonamides is 1. The molecule has 1 rings (SSSR count). The molecule has 27 heavy (non-hydrogen) atoms. The first kappa shape index (κ1) is 23.1. The number of nitrogens with zero attached hydrogens (tertiary/aromatic N) is 1. The van der Waals surface area contributed by atoms with E-state index in [4.69, 9.17) is 4.74 Å². The number of hydrogen-bond acceptors (Lipinski definition) is 5. The van der Waals surface area contributed by atoms with Gasteiger partial charge >= 0.3 is 5.97 Å². The number of aryl methyl sites for hydroxylation is 1. The molecule has 7 nitrogen and oxygen atoms in total. The molecule has 0 spiro atoms. The van der Waals surface area contributed by atoms with E-state index in [1.807, 2.05) is 13.8 Å². The third-order valence-corrected chi connectivity index (χ3v) is 6.62. The lowest BCUT2D eigenvalue weighted by Gasteiger charge is -2.20. The Balaban J connectivity index is 2.93. The van der Waals surface area contributed by atoms with Gasteiger partial charge < -0.3 is 10.1 Å². The topological polar surface area (TPSA) is 92.8 Å². The molecule has 0 radical (unpaired) electrons. The van der Waals surface area contributed by atoms with E-state index in [2.05, 4.69) is 5.32 Å². The predicted molar refractivity (Wildman–Crippen MR) is 104 cm³/mol. The molecule has 1 aromatic carbocycles. The van der Waals surface area contributed by atoms with Crippen molar-refractivity contribution in [2.24, 2.45) is 0 Å². The van der Waals surface area contributed by atoms with Crippen molar-refractivity contribution < 1.29 is 22.7 Å². The Morgan fingerprint density at radius 2 is 1.70 bits per heavy atom. The summed E-state index contributed by atoms with van der Waals surface area (Å²) in [6.07, 6.45) is 1.58. The quantitative estimate of drug-likeness (QED) is 0.611. The van der Waals surface area contributed by atoms with Gasteiger partial charge in [-0.2, -0.15) is 4.31 Å². The van der Waals surface area contributed by atoms with Gasteiger partial charge in [0.2, 0.25) is 10.0 Å². The molecule has 0 unspecified atom stereocenters. The number of rotatable bonds is 10. The first-order chi connectivity index (χ1) is 12.7. The van der Waals surface area contributed by atoms with Gasteiger partial charge in [0, 0.05) is 19.1 Å². The van der Waals surface area contributed by atoms with Gasteiger partial charge in [-0.25, -0.2) is 13.2 Å². The van der Waals surface area contributed by atoms with Crippen molar-refractivity contribution in [3.8, 4) is 0 Å². The Hall–Kier alpha value is -1.93. The molecule has 0 atom stereocenters. The minimum Gasteiger partial charge on any atom is -0.452 e. The summed E-state index contributed by atoms with van der Waals surface area (Å²) in [6.45, 7) is 9.39. The maximum Gasteiger partial charge on any atom is 0.338 e. The monoisotopic (exact) mass is 398 g/mol. The molecule has 0 fully saturated rings. The number of carbonyl (C=O) groups is 2. The Bertz CT molecular complexity index is 753. The highest BCUT2D eigenvalue weighted by atomic mass is 32.2. The Labute approximate surface area is 162 Å². The summed E-state index contributed by atoms with van der Waals surface area (Å²) < 4.78 is 31.9. The molecule has 1 amide bonds. The largest absolute Gasteiger partial charge is 0.452 e. The van der Waals surface area contributed by atoms with Gasteiger partial charge in [0.1, 0.15) is 0 Å². The Kier molecular flexibility index (Phi) is 8.92. The zero-order valence-electron chi connectivity index (χ0n) is 16.7. The highest BCUT2D eigenvalue weighted by Gasteiger charge is 2.25. The smallest absolute Gasteiger partial charge is 0.338 e. The summed E-state index contributed by atoms with van der Waals surface area (Å²) in [7, 11) is -3.70. The lowest BCUT2D eigenvalue weighted by molar-refractivity contribution is -0.125. The second-order valence-corrected chi connectivity index (χ2v) is 8.13. The van der Waals surface area contributed by atoms with E-state index >= 15 is 0 Å². The standard InChI is InChI=1S/C19H30N2O5S/c1-6-16(7-2)20-18(22)13-26-19(23)15-11-10-14(5)17(12-15)27(24,25)21(8-3)9-4/h10-12,16H,6-9,13H2,1-5H3,(H,20,22). The third kappa shape index (κ3) is 6.04. The number of nitrogens with one attached hydrogen (secondary N) is 1. The van der Waals surface area contributed by atoms with Crippen LogP contribution in [0.2, 0.25) is 0 Å². The van der Waals surface area contributed by atoms with E-state index in [0.29, 0.717) is 18.7 Å². The van der Waals surface area contributed by atoms with Crippen LogP contribution in [0.3, 0.4) is 0 Å². The van der Waals surface area contributed by atoms with Crippen molar-refractivity contribution in [2.75, 3.05) is 19.7 Å². The van der Waals surface area contributed by atoms with Crippen molar-refractivity contribution in [1.29, 1.82) is 0 Å². The zero-order valence-corrected chi connectivity index (χ0v) is 17.6. The van der Waals surface area contributed by atoms with Crippen molar-refractivity contribution >= 4 is 21.9 Å². The van der Waals surface area contributed by atoms with Gasteiger partial charge in [-0.1, -0.05) is 33.8 Å². The first-order valence-corrected chi connectivity index (χ1v) is 10.7. The van der Waals surface area contributed by atoms with Crippen LogP contribution in [-0.4, -0.2) is 50.3 Å². The summed E-state index contributed by atoms with van der Waals surface area (Å²) in [5.74, 6) is -1.11. The van der Waals surface area contributed by atoms with Crippen LogP contribution >= 0.6 is 0 Å². The molecule has 152 valence electrons. The SMILES string of the molecule is CCC(CC)NC(=O)COC(=O)c1ccc(C)c(S(=O)(=O)N(CC)CC)c1. The van der Waals surface area contributed by atoms with Crippen LogP contribution < -0.4 is 5.32 Å². The van der Waals surface area contributed by atoms with Crippen LogP contribution in [0.1, 0.15) is 56.5 Å². The number of carbonyl (C=O) groups excluding carboxylic acids is 2. The van der Waals surface area contributed by atoms with E-state index in [1.54, 1.807) is 26.8 Å². The summed E-state index contributed by atoms with van der Waals surface area (Å²) in [6, 6.07) is 4.42. The van der Waals surface area contributed by atoms with Gasteiger partial charge in [-0.3, -0.25) is 4.79 Å². The molecular formula is C19H30N2O5S. The zero-order chi connectivity index (χ0) is 20.6. The van der Waals surface area contributed by atoms with Crippen LogP contribution in [0.15, 0.2) is 23.1 Å². The van der Waals surface area contributed by atoms with Crippen molar-refractivity contribution in [2.45, 2.75) is 58.4 Å². The molecule has 0 bridgehead atoms. The van der Waals surface area contributed by atoms with Crippen molar-refractivity contribution in [3.63, 3.8) is 0 Å². The third-order valence-electron chi connectivity index (χ3n) is 4.43. The normalized spacial score (nSPS) is 11.7. The van der Waals surface area contributed by atoms with Crippen molar-refractivity contribution in [1.82, 2.24) is 9.62 Å². The molecule has 0 aliphatic carbocycles.